The van der Waals surface area contributed by atoms with E-state index in [4.69, 9.17) is 4.74 Å². The Morgan fingerprint density at radius 3 is 2.74 bits per heavy atom. The van der Waals surface area contributed by atoms with Gasteiger partial charge in [-0.1, -0.05) is 13.0 Å². The summed E-state index contributed by atoms with van der Waals surface area (Å²) in [5, 5.41) is 3.44. The number of urea groups is 1. The van der Waals surface area contributed by atoms with Crippen molar-refractivity contribution in [3.8, 4) is 0 Å². The number of imide groups is 1. The van der Waals surface area contributed by atoms with Crippen molar-refractivity contribution in [3.05, 3.63) is 29.3 Å². The molecule has 2 fully saturated rings. The van der Waals surface area contributed by atoms with E-state index in [1.54, 1.807) is 0 Å². The number of amides is 4. The first kappa shape index (κ1) is 21.7. The highest BCUT2D eigenvalue weighted by molar-refractivity contribution is 8.00. The van der Waals surface area contributed by atoms with Crippen LogP contribution in [0, 0.1) is 5.92 Å². The Balaban J connectivity index is 1.22. The molecule has 9 heteroatoms. The van der Waals surface area contributed by atoms with Crippen LogP contribution in [0.2, 0.25) is 0 Å². The van der Waals surface area contributed by atoms with Crippen molar-refractivity contribution >= 4 is 35.6 Å². The third kappa shape index (κ3) is 4.71. The number of rotatable bonds is 6. The van der Waals surface area contributed by atoms with Gasteiger partial charge in [0.2, 0.25) is 0 Å². The van der Waals surface area contributed by atoms with Gasteiger partial charge in [-0.25, -0.2) is 4.79 Å². The predicted molar refractivity (Wildman–Crippen MR) is 114 cm³/mol. The molecule has 1 heterocycles. The quantitative estimate of drug-likeness (QED) is 0.396. The lowest BCUT2D eigenvalue weighted by Gasteiger charge is -2.33. The van der Waals surface area contributed by atoms with E-state index in [-0.39, 0.29) is 5.75 Å². The number of thioether (sulfide) groups is 1. The number of hydrazine groups is 1. The van der Waals surface area contributed by atoms with Crippen LogP contribution in [0.3, 0.4) is 0 Å². The molecular weight excluding hydrogens is 418 g/mol. The van der Waals surface area contributed by atoms with Crippen LogP contribution in [0.25, 0.3) is 0 Å². The van der Waals surface area contributed by atoms with Gasteiger partial charge in [0, 0.05) is 4.90 Å². The summed E-state index contributed by atoms with van der Waals surface area (Å²) < 4.78 is 5.01. The minimum absolute atomic E-state index is 0.0799. The van der Waals surface area contributed by atoms with Crippen molar-refractivity contribution in [2.45, 2.75) is 62.3 Å². The minimum Gasteiger partial charge on any atom is -0.455 e. The summed E-state index contributed by atoms with van der Waals surface area (Å²) in [6.07, 6.45) is 6.13. The Hall–Kier alpha value is -2.55. The van der Waals surface area contributed by atoms with E-state index in [2.05, 4.69) is 29.8 Å². The van der Waals surface area contributed by atoms with Crippen LogP contribution in [-0.4, -0.2) is 46.7 Å². The smallest absolute Gasteiger partial charge is 0.344 e. The fraction of sp³-hybridized carbons (Fsp3) is 0.545. The van der Waals surface area contributed by atoms with Crippen LogP contribution in [0.15, 0.2) is 23.1 Å². The minimum atomic E-state index is -0.931. The lowest BCUT2D eigenvalue weighted by molar-refractivity contribution is -0.148. The van der Waals surface area contributed by atoms with Crippen molar-refractivity contribution in [2.75, 3.05) is 12.4 Å². The predicted octanol–water partition coefficient (Wildman–Crippen LogP) is 2.34. The zero-order valence-electron chi connectivity index (χ0n) is 17.6. The number of nitrogens with zero attached hydrogens (tertiary/aromatic N) is 1. The highest BCUT2D eigenvalue weighted by Crippen LogP contribution is 2.35. The number of hydrogen-bond donors (Lipinski definition) is 2. The summed E-state index contributed by atoms with van der Waals surface area (Å²) in [7, 11) is 0. The van der Waals surface area contributed by atoms with E-state index in [1.165, 1.54) is 29.3 Å². The van der Waals surface area contributed by atoms with Gasteiger partial charge in [0.15, 0.2) is 6.61 Å². The molecule has 166 valence electrons. The number of ether oxygens (including phenoxy) is 1. The molecule has 1 aromatic rings. The molecule has 1 saturated carbocycles. The van der Waals surface area contributed by atoms with Gasteiger partial charge in [0.1, 0.15) is 5.54 Å². The van der Waals surface area contributed by atoms with Gasteiger partial charge in [0.05, 0.1) is 5.75 Å². The fourth-order valence-corrected chi connectivity index (χ4v) is 5.20. The summed E-state index contributed by atoms with van der Waals surface area (Å²) >= 11 is 1.36. The van der Waals surface area contributed by atoms with E-state index in [0.717, 1.165) is 30.6 Å². The number of hydrogen-bond acceptors (Lipinski definition) is 6. The van der Waals surface area contributed by atoms with Crippen molar-refractivity contribution < 1.29 is 23.9 Å². The molecule has 2 N–H and O–H groups in total. The lowest BCUT2D eigenvalue weighted by Crippen LogP contribution is -2.52. The maximum absolute atomic E-state index is 12.7. The van der Waals surface area contributed by atoms with Gasteiger partial charge >= 0.3 is 12.0 Å². The molecule has 0 radical (unpaired) electrons. The number of fused-ring (bicyclic) bond motifs is 1. The number of carbonyl (C=O) groups excluding carboxylic acids is 4. The Morgan fingerprint density at radius 2 is 1.97 bits per heavy atom. The van der Waals surface area contributed by atoms with Crippen LogP contribution in [0.1, 0.15) is 50.2 Å². The van der Waals surface area contributed by atoms with Gasteiger partial charge in [0.25, 0.3) is 11.8 Å². The average molecular weight is 446 g/mol. The summed E-state index contributed by atoms with van der Waals surface area (Å²) in [6, 6.07) is 5.55. The molecule has 0 aromatic heterocycles. The molecule has 1 saturated heterocycles. The first-order valence-electron chi connectivity index (χ1n) is 10.7. The van der Waals surface area contributed by atoms with Crippen LogP contribution in [0.4, 0.5) is 4.79 Å². The standard InChI is InChI=1S/C22H27N3O5S/c1-14-7-9-22(10-8-14)20(28)25(21(29)23-22)24-18(26)12-30-19(27)13-31-17-6-5-15-3-2-4-16(15)11-17/h5-6,11,14H,2-4,7-10,12-13H2,1H3,(H,23,29)(H,24,26). The third-order valence-corrected chi connectivity index (χ3v) is 7.28. The SMILES string of the molecule is CC1CCC2(CC1)NC(=O)N(NC(=O)COC(=O)CSc1ccc3c(c1)CCC3)C2=O. The number of esters is 1. The molecule has 3 aliphatic rings. The monoisotopic (exact) mass is 445 g/mol. The molecule has 4 rings (SSSR count). The van der Waals surface area contributed by atoms with Crippen LogP contribution >= 0.6 is 11.8 Å². The second-order valence-corrected chi connectivity index (χ2v) is 9.65. The molecule has 0 atom stereocenters. The van der Waals surface area contributed by atoms with E-state index in [9.17, 15) is 19.2 Å². The second-order valence-electron chi connectivity index (χ2n) is 8.60. The molecular formula is C22H27N3O5S. The van der Waals surface area contributed by atoms with Crippen molar-refractivity contribution in [1.82, 2.24) is 15.8 Å². The highest BCUT2D eigenvalue weighted by atomic mass is 32.2. The number of benzene rings is 1. The molecule has 0 unspecified atom stereocenters. The van der Waals surface area contributed by atoms with Gasteiger partial charge in [-0.15, -0.1) is 11.8 Å². The second kappa shape index (κ2) is 8.90. The van der Waals surface area contributed by atoms with E-state index in [0.29, 0.717) is 23.8 Å². The summed E-state index contributed by atoms with van der Waals surface area (Å²) in [5.74, 6) is -1.11. The Morgan fingerprint density at radius 1 is 1.23 bits per heavy atom. The zero-order chi connectivity index (χ0) is 22.0. The Bertz CT molecular complexity index is 910. The van der Waals surface area contributed by atoms with E-state index < -0.39 is 36.0 Å². The summed E-state index contributed by atoms with van der Waals surface area (Å²) in [6.45, 7) is 1.56. The van der Waals surface area contributed by atoms with Crippen LogP contribution in [0.5, 0.6) is 0 Å². The molecule has 0 bridgehead atoms. The molecule has 2 aliphatic carbocycles. The molecule has 1 aromatic carbocycles. The topological polar surface area (TPSA) is 105 Å². The zero-order valence-corrected chi connectivity index (χ0v) is 18.4. The van der Waals surface area contributed by atoms with Crippen molar-refractivity contribution in [1.29, 1.82) is 0 Å². The number of nitrogens with one attached hydrogen (secondary N) is 2. The van der Waals surface area contributed by atoms with Gasteiger partial charge in [-0.2, -0.15) is 5.01 Å². The maximum atomic E-state index is 12.7. The first-order chi connectivity index (χ1) is 14.9. The highest BCUT2D eigenvalue weighted by Gasteiger charge is 2.52. The summed E-state index contributed by atoms with van der Waals surface area (Å²) in [5.41, 5.74) is 4.04. The largest absolute Gasteiger partial charge is 0.455 e. The lowest BCUT2D eigenvalue weighted by atomic mass is 9.77. The Kier molecular flexibility index (Phi) is 6.22. The van der Waals surface area contributed by atoms with Crippen LogP contribution in [-0.2, 0) is 32.0 Å². The van der Waals surface area contributed by atoms with E-state index in [1.807, 2.05) is 6.07 Å². The Labute approximate surface area is 185 Å². The molecule has 4 amide bonds. The average Bonchev–Trinajstić information content (AvgIpc) is 3.31. The molecule has 31 heavy (non-hydrogen) atoms. The first-order valence-corrected chi connectivity index (χ1v) is 11.7. The van der Waals surface area contributed by atoms with Gasteiger partial charge < -0.3 is 10.1 Å². The molecule has 1 aliphatic heterocycles. The molecule has 1 spiro atoms. The summed E-state index contributed by atoms with van der Waals surface area (Å²) in [4.78, 5) is 50.1. The third-order valence-electron chi connectivity index (χ3n) is 6.32. The normalized spacial score (nSPS) is 24.8. The van der Waals surface area contributed by atoms with E-state index >= 15 is 0 Å². The maximum Gasteiger partial charge on any atom is 0.344 e. The molecule has 8 nitrogen and oxygen atoms in total. The van der Waals surface area contributed by atoms with Gasteiger partial charge in [-0.3, -0.25) is 19.8 Å². The number of aryl methyl sites for hydroxylation is 2. The fourth-order valence-electron chi connectivity index (χ4n) is 4.44. The van der Waals surface area contributed by atoms with Gasteiger partial charge in [-0.05, 0) is 74.1 Å². The van der Waals surface area contributed by atoms with Crippen molar-refractivity contribution in [3.63, 3.8) is 0 Å². The number of carbonyl (C=O) groups is 4. The van der Waals surface area contributed by atoms with Crippen molar-refractivity contribution in [2.24, 2.45) is 5.92 Å². The van der Waals surface area contributed by atoms with Crippen LogP contribution < -0.4 is 10.7 Å².